The lowest BCUT2D eigenvalue weighted by molar-refractivity contribution is 0.0946. The van der Waals surface area contributed by atoms with Gasteiger partial charge >= 0.3 is 0 Å². The highest BCUT2D eigenvalue weighted by Gasteiger charge is 2.16. The van der Waals surface area contributed by atoms with Crippen molar-refractivity contribution in [2.45, 2.75) is 38.8 Å². The molecule has 7 heteroatoms. The van der Waals surface area contributed by atoms with Gasteiger partial charge in [-0.2, -0.15) is 0 Å². The molecule has 1 aromatic heterocycles. The second-order valence-electron chi connectivity index (χ2n) is 5.34. The van der Waals surface area contributed by atoms with E-state index in [1.807, 2.05) is 0 Å². The number of aryl methyl sites for hydroxylation is 1. The van der Waals surface area contributed by atoms with Gasteiger partial charge in [-0.25, -0.2) is 0 Å². The van der Waals surface area contributed by atoms with Crippen LogP contribution in [0.5, 0.6) is 5.75 Å². The summed E-state index contributed by atoms with van der Waals surface area (Å²) in [5.74, 6) is 1.24. The first kappa shape index (κ1) is 14.8. The van der Waals surface area contributed by atoms with Crippen molar-refractivity contribution >= 4 is 17.5 Å². The van der Waals surface area contributed by atoms with Crippen molar-refractivity contribution in [3.8, 4) is 5.75 Å². The van der Waals surface area contributed by atoms with E-state index >= 15 is 0 Å². The molecule has 3 rings (SSSR count). The van der Waals surface area contributed by atoms with E-state index in [1.165, 1.54) is 24.6 Å². The molecule has 1 aliphatic heterocycles. The SMILES string of the molecule is O=C(NCc1nnc2n1CCCCC2)c1cc(Cl)ccc1O. The van der Waals surface area contributed by atoms with Gasteiger partial charge in [-0.05, 0) is 31.0 Å². The molecule has 1 amide bonds. The number of amides is 1. The van der Waals surface area contributed by atoms with E-state index in [-0.39, 0.29) is 23.8 Å². The molecule has 0 atom stereocenters. The van der Waals surface area contributed by atoms with E-state index in [0.29, 0.717) is 5.02 Å². The molecule has 0 radical (unpaired) electrons. The summed E-state index contributed by atoms with van der Waals surface area (Å²) in [6, 6.07) is 4.38. The molecule has 0 spiro atoms. The highest BCUT2D eigenvalue weighted by molar-refractivity contribution is 6.31. The quantitative estimate of drug-likeness (QED) is 0.909. The van der Waals surface area contributed by atoms with Gasteiger partial charge in [0.15, 0.2) is 5.82 Å². The maximum atomic E-state index is 12.2. The maximum absolute atomic E-state index is 12.2. The molecule has 22 heavy (non-hydrogen) atoms. The summed E-state index contributed by atoms with van der Waals surface area (Å²) in [4.78, 5) is 12.2. The fraction of sp³-hybridized carbons (Fsp3) is 0.400. The van der Waals surface area contributed by atoms with Crippen molar-refractivity contribution in [1.29, 1.82) is 0 Å². The largest absolute Gasteiger partial charge is 0.507 e. The number of aromatic nitrogens is 3. The Morgan fingerprint density at radius 3 is 3.05 bits per heavy atom. The van der Waals surface area contributed by atoms with Gasteiger partial charge in [0.1, 0.15) is 11.6 Å². The van der Waals surface area contributed by atoms with Crippen LogP contribution in [-0.2, 0) is 19.5 Å². The summed E-state index contributed by atoms with van der Waals surface area (Å²) in [5, 5.41) is 21.2. The average molecular weight is 321 g/mol. The number of hydrogen-bond donors (Lipinski definition) is 2. The molecule has 6 nitrogen and oxygen atoms in total. The fourth-order valence-corrected chi connectivity index (χ4v) is 2.79. The van der Waals surface area contributed by atoms with E-state index < -0.39 is 0 Å². The van der Waals surface area contributed by atoms with Crippen molar-refractivity contribution in [2.75, 3.05) is 0 Å². The molecule has 0 fully saturated rings. The molecule has 2 aromatic rings. The molecule has 0 bridgehead atoms. The smallest absolute Gasteiger partial charge is 0.255 e. The lowest BCUT2D eigenvalue weighted by Crippen LogP contribution is -2.25. The molecule has 116 valence electrons. The van der Waals surface area contributed by atoms with Crippen LogP contribution in [-0.4, -0.2) is 25.8 Å². The van der Waals surface area contributed by atoms with E-state index in [4.69, 9.17) is 11.6 Å². The first-order valence-corrected chi connectivity index (χ1v) is 7.70. The van der Waals surface area contributed by atoms with Gasteiger partial charge in [-0.1, -0.05) is 18.0 Å². The topological polar surface area (TPSA) is 80.0 Å². The van der Waals surface area contributed by atoms with Crippen molar-refractivity contribution in [3.63, 3.8) is 0 Å². The number of phenolic OH excluding ortho intramolecular Hbond substituents is 1. The van der Waals surface area contributed by atoms with Gasteiger partial charge in [-0.3, -0.25) is 4.79 Å². The number of fused-ring (bicyclic) bond motifs is 1. The summed E-state index contributed by atoms with van der Waals surface area (Å²) in [5.41, 5.74) is 0.156. The Bertz CT molecular complexity index is 699. The van der Waals surface area contributed by atoms with Gasteiger partial charge < -0.3 is 15.0 Å². The Hall–Kier alpha value is -2.08. The maximum Gasteiger partial charge on any atom is 0.255 e. The summed E-state index contributed by atoms with van der Waals surface area (Å²) in [7, 11) is 0. The van der Waals surface area contributed by atoms with Crippen LogP contribution in [0.4, 0.5) is 0 Å². The lowest BCUT2D eigenvalue weighted by Gasteiger charge is -2.09. The predicted octanol–water partition coefficient (Wildman–Crippen LogP) is 2.29. The molecule has 0 saturated carbocycles. The van der Waals surface area contributed by atoms with Crippen LogP contribution >= 0.6 is 11.6 Å². The second kappa shape index (κ2) is 6.36. The van der Waals surface area contributed by atoms with Gasteiger partial charge in [0.05, 0.1) is 12.1 Å². The van der Waals surface area contributed by atoms with Crippen LogP contribution in [0.3, 0.4) is 0 Å². The Balaban J connectivity index is 1.71. The van der Waals surface area contributed by atoms with Gasteiger partial charge in [0.2, 0.25) is 0 Å². The van der Waals surface area contributed by atoms with E-state index in [2.05, 4.69) is 20.1 Å². The number of halogens is 1. The number of phenols is 1. The number of nitrogens with one attached hydrogen (secondary N) is 1. The van der Waals surface area contributed by atoms with E-state index in [0.717, 1.165) is 37.5 Å². The summed E-state index contributed by atoms with van der Waals surface area (Å²) in [6.45, 7) is 1.16. The standard InChI is InChI=1S/C15H17ClN4O2/c16-10-5-6-12(21)11(8-10)15(22)17-9-14-19-18-13-4-2-1-3-7-20(13)14/h5-6,8,21H,1-4,7,9H2,(H,17,22). The molecule has 1 aromatic carbocycles. The number of nitrogens with zero attached hydrogens (tertiary/aromatic N) is 3. The van der Waals surface area contributed by atoms with E-state index in [9.17, 15) is 9.90 Å². The zero-order valence-corrected chi connectivity index (χ0v) is 12.8. The molecule has 2 N–H and O–H groups in total. The number of hydrogen-bond acceptors (Lipinski definition) is 4. The van der Waals surface area contributed by atoms with Crippen LogP contribution in [0.15, 0.2) is 18.2 Å². The number of carbonyl (C=O) groups excluding carboxylic acids is 1. The first-order valence-electron chi connectivity index (χ1n) is 7.33. The normalized spacial score (nSPS) is 14.2. The number of rotatable bonds is 3. The third-order valence-electron chi connectivity index (χ3n) is 3.80. The third-order valence-corrected chi connectivity index (χ3v) is 4.03. The van der Waals surface area contributed by atoms with E-state index in [1.54, 1.807) is 0 Å². The fourth-order valence-electron chi connectivity index (χ4n) is 2.62. The molecular weight excluding hydrogens is 304 g/mol. The third kappa shape index (κ3) is 3.06. The highest BCUT2D eigenvalue weighted by atomic mass is 35.5. The van der Waals surface area contributed by atoms with Crippen molar-refractivity contribution in [3.05, 3.63) is 40.4 Å². The Morgan fingerprint density at radius 1 is 1.32 bits per heavy atom. The van der Waals surface area contributed by atoms with Crippen LogP contribution in [0.25, 0.3) is 0 Å². The number of carbonyl (C=O) groups is 1. The minimum Gasteiger partial charge on any atom is -0.507 e. The molecule has 0 aliphatic carbocycles. The zero-order valence-electron chi connectivity index (χ0n) is 12.0. The Morgan fingerprint density at radius 2 is 2.18 bits per heavy atom. The predicted molar refractivity (Wildman–Crippen MR) is 81.9 cm³/mol. The zero-order chi connectivity index (χ0) is 15.5. The van der Waals surface area contributed by atoms with Crippen LogP contribution in [0.2, 0.25) is 5.02 Å². The molecular formula is C15H17ClN4O2. The molecule has 0 saturated heterocycles. The molecule has 2 heterocycles. The van der Waals surface area contributed by atoms with Gasteiger partial charge in [0.25, 0.3) is 5.91 Å². The Kier molecular flexibility index (Phi) is 4.29. The lowest BCUT2D eigenvalue weighted by atomic mass is 10.2. The monoisotopic (exact) mass is 320 g/mol. The molecule has 1 aliphatic rings. The van der Waals surface area contributed by atoms with Gasteiger partial charge in [0, 0.05) is 18.0 Å². The second-order valence-corrected chi connectivity index (χ2v) is 5.78. The average Bonchev–Trinajstić information content (AvgIpc) is 2.74. The minimum absolute atomic E-state index is 0.0954. The van der Waals surface area contributed by atoms with Crippen LogP contribution in [0.1, 0.15) is 41.3 Å². The number of aromatic hydroxyl groups is 1. The van der Waals surface area contributed by atoms with Crippen molar-refractivity contribution in [2.24, 2.45) is 0 Å². The van der Waals surface area contributed by atoms with Gasteiger partial charge in [-0.15, -0.1) is 10.2 Å². The van der Waals surface area contributed by atoms with Crippen LogP contribution < -0.4 is 5.32 Å². The van der Waals surface area contributed by atoms with Crippen molar-refractivity contribution in [1.82, 2.24) is 20.1 Å². The summed E-state index contributed by atoms with van der Waals surface area (Å²) >= 11 is 5.86. The number of benzene rings is 1. The minimum atomic E-state index is -0.383. The summed E-state index contributed by atoms with van der Waals surface area (Å²) < 4.78 is 2.07. The highest BCUT2D eigenvalue weighted by Crippen LogP contribution is 2.21. The molecule has 0 unspecified atom stereocenters. The Labute approximate surface area is 133 Å². The first-order chi connectivity index (χ1) is 10.6. The van der Waals surface area contributed by atoms with Crippen LogP contribution in [0, 0.1) is 0 Å². The summed E-state index contributed by atoms with van der Waals surface area (Å²) in [6.07, 6.45) is 4.34. The van der Waals surface area contributed by atoms with Crippen molar-refractivity contribution < 1.29 is 9.90 Å².